The molecule has 3 heterocycles. The summed E-state index contributed by atoms with van der Waals surface area (Å²) in [5, 5.41) is 5.55. The summed E-state index contributed by atoms with van der Waals surface area (Å²) in [6.45, 7) is 3.11. The van der Waals surface area contributed by atoms with E-state index in [1.54, 1.807) is 25.4 Å². The number of aromatic nitrogens is 1. The summed E-state index contributed by atoms with van der Waals surface area (Å²) >= 11 is 0. The number of carbonyl (C=O) groups is 3. The van der Waals surface area contributed by atoms with Gasteiger partial charge in [0.05, 0.1) is 18.3 Å². The minimum Gasteiger partial charge on any atom is -0.497 e. The van der Waals surface area contributed by atoms with E-state index >= 15 is 0 Å². The van der Waals surface area contributed by atoms with Gasteiger partial charge in [-0.3, -0.25) is 14.4 Å². The average molecular weight is 539 g/mol. The van der Waals surface area contributed by atoms with Gasteiger partial charge < -0.3 is 25.3 Å². The van der Waals surface area contributed by atoms with Gasteiger partial charge in [0.2, 0.25) is 17.7 Å². The molecule has 2 fully saturated rings. The van der Waals surface area contributed by atoms with Crippen molar-refractivity contribution in [2.75, 3.05) is 7.11 Å². The lowest BCUT2D eigenvalue weighted by Gasteiger charge is -2.37. The largest absolute Gasteiger partial charge is 0.497 e. The highest BCUT2D eigenvalue weighted by Gasteiger charge is 2.67. The molecule has 0 bridgehead atoms. The van der Waals surface area contributed by atoms with E-state index in [4.69, 9.17) is 4.74 Å². The maximum absolute atomic E-state index is 13.6. The van der Waals surface area contributed by atoms with Crippen LogP contribution in [0.15, 0.2) is 54.7 Å². The molecule has 0 spiro atoms. The number of amides is 3. The number of hydrogen-bond donors (Lipinski definition) is 3. The minimum atomic E-state index is -3.75. The molecule has 11 heteroatoms. The van der Waals surface area contributed by atoms with Crippen molar-refractivity contribution in [1.82, 2.24) is 20.5 Å². The summed E-state index contributed by atoms with van der Waals surface area (Å²) in [5.74, 6) is -0.842. The zero-order valence-corrected chi connectivity index (χ0v) is 22.2. The van der Waals surface area contributed by atoms with Crippen molar-refractivity contribution in [3.63, 3.8) is 0 Å². The number of fused-ring (bicyclic) bond motifs is 2. The molecule has 0 saturated carbocycles. The first-order valence-corrected chi connectivity index (χ1v) is 13.9. The predicted molar refractivity (Wildman–Crippen MR) is 141 cm³/mol. The number of β-lactam (4-membered cyclic amide) rings is 1. The van der Waals surface area contributed by atoms with E-state index in [1.165, 1.54) is 13.8 Å². The van der Waals surface area contributed by atoms with Crippen LogP contribution in [0.4, 0.5) is 0 Å². The lowest BCUT2D eigenvalue weighted by atomic mass is 9.96. The molecule has 3 aromatic rings. The Bertz CT molecular complexity index is 1530. The molecule has 1 unspecified atom stereocenters. The zero-order chi connectivity index (χ0) is 27.2. The lowest BCUT2D eigenvalue weighted by Crippen LogP contribution is -2.61. The Morgan fingerprint density at radius 2 is 1.95 bits per heavy atom. The number of nitrogens with zero attached hydrogens (tertiary/aromatic N) is 1. The van der Waals surface area contributed by atoms with Crippen molar-refractivity contribution in [3.05, 3.63) is 65.9 Å². The van der Waals surface area contributed by atoms with Crippen molar-refractivity contribution >= 4 is 38.5 Å². The first kappa shape index (κ1) is 25.8. The number of nitrogens with one attached hydrogen (secondary N) is 3. The second-order valence-corrected chi connectivity index (χ2v) is 12.9. The quantitative estimate of drug-likeness (QED) is 0.373. The number of sulfone groups is 1. The SMILES string of the molecule is COc1cccc(CNC(=O)[C@H](Cc2c[nH]c3ccccc23)NC(=O)[C@H]2N3C(=O)CC3S(=O)(=O)C2(C)C)c1. The van der Waals surface area contributed by atoms with E-state index in [9.17, 15) is 22.8 Å². The Balaban J connectivity index is 1.40. The second-order valence-electron chi connectivity index (χ2n) is 10.2. The number of hydrogen-bond acceptors (Lipinski definition) is 6. The van der Waals surface area contributed by atoms with Crippen LogP contribution in [-0.4, -0.2) is 65.3 Å². The van der Waals surface area contributed by atoms with Gasteiger partial charge in [-0.25, -0.2) is 8.42 Å². The summed E-state index contributed by atoms with van der Waals surface area (Å²) in [6, 6.07) is 12.6. The number of ether oxygens (including phenoxy) is 1. The van der Waals surface area contributed by atoms with Crippen LogP contribution in [0.1, 0.15) is 31.4 Å². The maximum Gasteiger partial charge on any atom is 0.245 e. The van der Waals surface area contributed by atoms with E-state index in [1.807, 2.05) is 36.4 Å². The van der Waals surface area contributed by atoms with E-state index in [2.05, 4.69) is 15.6 Å². The van der Waals surface area contributed by atoms with Gasteiger partial charge in [0, 0.05) is 30.1 Å². The van der Waals surface area contributed by atoms with Crippen molar-refractivity contribution in [2.45, 2.75) is 55.4 Å². The van der Waals surface area contributed by atoms with Crippen molar-refractivity contribution in [3.8, 4) is 5.75 Å². The molecule has 3 N–H and O–H groups in total. The molecule has 10 nitrogen and oxygen atoms in total. The molecule has 0 radical (unpaired) electrons. The summed E-state index contributed by atoms with van der Waals surface area (Å²) in [5.41, 5.74) is 2.52. The lowest BCUT2D eigenvalue weighted by molar-refractivity contribution is -0.150. The highest BCUT2D eigenvalue weighted by molar-refractivity contribution is 7.93. The molecule has 5 rings (SSSR count). The summed E-state index contributed by atoms with van der Waals surface area (Å²) in [7, 11) is -2.20. The van der Waals surface area contributed by atoms with Crippen LogP contribution in [0, 0.1) is 0 Å². The van der Waals surface area contributed by atoms with Crippen molar-refractivity contribution in [1.29, 1.82) is 0 Å². The number of carbonyl (C=O) groups excluding carboxylic acids is 3. The normalized spacial score (nSPS) is 21.9. The van der Waals surface area contributed by atoms with Gasteiger partial charge in [-0.1, -0.05) is 30.3 Å². The van der Waals surface area contributed by atoms with Gasteiger partial charge in [0.25, 0.3) is 0 Å². The number of para-hydroxylation sites is 1. The number of aromatic amines is 1. The number of methoxy groups -OCH3 is 1. The van der Waals surface area contributed by atoms with Crippen LogP contribution in [0.5, 0.6) is 5.75 Å². The molecular weight excluding hydrogens is 508 g/mol. The Labute approximate surface area is 220 Å². The molecule has 2 aromatic carbocycles. The monoisotopic (exact) mass is 538 g/mol. The van der Waals surface area contributed by atoms with Gasteiger partial charge in [-0.05, 0) is 43.2 Å². The molecule has 2 aliphatic heterocycles. The van der Waals surface area contributed by atoms with Crippen LogP contribution in [0.3, 0.4) is 0 Å². The fourth-order valence-electron chi connectivity index (χ4n) is 5.33. The first-order valence-electron chi connectivity index (χ1n) is 12.3. The van der Waals surface area contributed by atoms with Crippen LogP contribution in [0.25, 0.3) is 10.9 Å². The summed E-state index contributed by atoms with van der Waals surface area (Å²) in [6.07, 6.45) is 1.82. The van der Waals surface area contributed by atoms with E-state index in [0.29, 0.717) is 5.75 Å². The Kier molecular flexibility index (Phi) is 6.42. The van der Waals surface area contributed by atoms with Crippen LogP contribution in [-0.2, 0) is 37.2 Å². The zero-order valence-electron chi connectivity index (χ0n) is 21.4. The molecule has 2 aliphatic rings. The molecule has 0 aliphatic carbocycles. The Morgan fingerprint density at radius 3 is 2.68 bits per heavy atom. The highest BCUT2D eigenvalue weighted by Crippen LogP contribution is 2.45. The fraction of sp³-hybridized carbons (Fsp3) is 0.370. The van der Waals surface area contributed by atoms with Crippen LogP contribution < -0.4 is 15.4 Å². The number of H-pyrrole nitrogens is 1. The molecule has 3 amide bonds. The van der Waals surface area contributed by atoms with Gasteiger partial charge >= 0.3 is 0 Å². The van der Waals surface area contributed by atoms with E-state index < -0.39 is 43.9 Å². The van der Waals surface area contributed by atoms with Gasteiger partial charge in [-0.2, -0.15) is 0 Å². The molecule has 1 aromatic heterocycles. The predicted octanol–water partition coefficient (Wildman–Crippen LogP) is 1.65. The molecule has 3 atom stereocenters. The summed E-state index contributed by atoms with van der Waals surface area (Å²) < 4.78 is 29.8. The smallest absolute Gasteiger partial charge is 0.245 e. The number of rotatable bonds is 8. The first-order chi connectivity index (χ1) is 18.0. The van der Waals surface area contributed by atoms with Crippen molar-refractivity contribution < 1.29 is 27.5 Å². The van der Waals surface area contributed by atoms with Crippen LogP contribution in [0.2, 0.25) is 0 Å². The van der Waals surface area contributed by atoms with E-state index in [-0.39, 0.29) is 25.3 Å². The molecule has 200 valence electrons. The van der Waals surface area contributed by atoms with Crippen LogP contribution >= 0.6 is 0 Å². The third kappa shape index (κ3) is 4.20. The summed E-state index contributed by atoms with van der Waals surface area (Å²) in [4.78, 5) is 43.6. The number of benzene rings is 2. The molecule has 38 heavy (non-hydrogen) atoms. The topological polar surface area (TPSA) is 138 Å². The Morgan fingerprint density at radius 1 is 1.18 bits per heavy atom. The fourth-order valence-corrected chi connectivity index (χ4v) is 7.46. The second kappa shape index (κ2) is 9.46. The van der Waals surface area contributed by atoms with Crippen molar-refractivity contribution in [2.24, 2.45) is 0 Å². The van der Waals surface area contributed by atoms with Gasteiger partial charge in [0.1, 0.15) is 23.2 Å². The third-order valence-corrected chi connectivity index (χ3v) is 10.4. The highest BCUT2D eigenvalue weighted by atomic mass is 32.2. The van der Waals surface area contributed by atoms with Gasteiger partial charge in [0.15, 0.2) is 9.84 Å². The Hall–Kier alpha value is -3.86. The average Bonchev–Trinajstić information content (AvgIpc) is 3.35. The molecular formula is C27H30N4O6S. The molecule has 2 saturated heterocycles. The third-order valence-electron chi connectivity index (χ3n) is 7.56. The van der Waals surface area contributed by atoms with E-state index in [0.717, 1.165) is 26.9 Å². The van der Waals surface area contributed by atoms with Gasteiger partial charge in [-0.15, -0.1) is 0 Å². The minimum absolute atomic E-state index is 0.130. The standard InChI is InChI=1S/C27H30N4O6S/c1-27(2)24(31-22(32)13-23(31)38(27,35)36)26(34)30-21(12-17-15-28-20-10-5-4-9-19(17)20)25(33)29-14-16-7-6-8-18(11-16)37-3/h4-11,15,21,23-24,28H,12-14H2,1-3H3,(H,29,33)(H,30,34)/t21-,23?,24+/m0/s1. The maximum atomic E-state index is 13.6.